The summed E-state index contributed by atoms with van der Waals surface area (Å²) >= 11 is 1.99. The fourth-order valence-corrected chi connectivity index (χ4v) is 7.81. The third-order valence-electron chi connectivity index (χ3n) is 9.17. The molecule has 5 heterocycles. The van der Waals surface area contributed by atoms with Crippen LogP contribution in [0.2, 0.25) is 0 Å². The van der Waals surface area contributed by atoms with Crippen molar-refractivity contribution in [2.45, 2.75) is 69.6 Å². The van der Waals surface area contributed by atoms with Gasteiger partial charge in [-0.1, -0.05) is 12.1 Å². The van der Waals surface area contributed by atoms with Crippen LogP contribution < -0.4 is 14.5 Å². The number of likely N-dealkylation sites (N-methyl/N-ethyl adjacent to an activating group) is 1. The Balaban J connectivity index is 1.30. The number of likely N-dealkylation sites (tertiary alicyclic amines) is 1. The Hall–Kier alpha value is -3.10. The number of halogens is 1. The van der Waals surface area contributed by atoms with Crippen molar-refractivity contribution in [1.29, 1.82) is 5.26 Å². The van der Waals surface area contributed by atoms with Crippen molar-refractivity contribution in [1.82, 2.24) is 19.8 Å². The van der Waals surface area contributed by atoms with E-state index in [1.54, 1.807) is 0 Å². The van der Waals surface area contributed by atoms with Gasteiger partial charge in [-0.15, -0.1) is 0 Å². The van der Waals surface area contributed by atoms with Crippen LogP contribution in [0, 0.1) is 11.3 Å². The summed E-state index contributed by atoms with van der Waals surface area (Å²) in [5.41, 5.74) is 6.26. The van der Waals surface area contributed by atoms with E-state index in [0.29, 0.717) is 44.8 Å². The van der Waals surface area contributed by atoms with Crippen molar-refractivity contribution in [2.24, 2.45) is 0 Å². The highest BCUT2D eigenvalue weighted by Gasteiger charge is 2.36. The van der Waals surface area contributed by atoms with Crippen LogP contribution in [-0.4, -0.2) is 96.1 Å². The molecule has 42 heavy (non-hydrogen) atoms. The van der Waals surface area contributed by atoms with E-state index in [4.69, 9.17) is 14.7 Å². The maximum Gasteiger partial charge on any atom is 0.318 e. The van der Waals surface area contributed by atoms with Gasteiger partial charge < -0.3 is 24.3 Å². The second-order valence-electron chi connectivity index (χ2n) is 11.8. The van der Waals surface area contributed by atoms with Gasteiger partial charge in [0.1, 0.15) is 12.4 Å². The number of carbonyl (C=O) groups excluding carboxylic acids is 1. The number of thioether (sulfide) groups is 1. The summed E-state index contributed by atoms with van der Waals surface area (Å²) in [7, 11) is 2.13. The Morgan fingerprint density at radius 1 is 1.17 bits per heavy atom. The molecule has 0 spiro atoms. The summed E-state index contributed by atoms with van der Waals surface area (Å²) < 4.78 is 20.3. The Morgan fingerprint density at radius 2 is 2.05 bits per heavy atom. The van der Waals surface area contributed by atoms with Gasteiger partial charge in [-0.05, 0) is 69.1 Å². The molecule has 0 N–H and O–H groups in total. The average molecular weight is 594 g/mol. The number of ether oxygens (including phenoxy) is 1. The van der Waals surface area contributed by atoms with Crippen molar-refractivity contribution in [3.05, 3.63) is 40.6 Å². The van der Waals surface area contributed by atoms with E-state index in [9.17, 15) is 14.4 Å². The van der Waals surface area contributed by atoms with Crippen LogP contribution in [0.25, 0.3) is 0 Å². The predicted molar refractivity (Wildman–Crippen MR) is 163 cm³/mol. The number of nitriles is 1. The van der Waals surface area contributed by atoms with Gasteiger partial charge in [0.05, 0.1) is 30.8 Å². The Morgan fingerprint density at radius 3 is 2.83 bits per heavy atom. The molecule has 6 rings (SSSR count). The third-order valence-corrected chi connectivity index (χ3v) is 10.2. The first-order valence-corrected chi connectivity index (χ1v) is 16.3. The van der Waals surface area contributed by atoms with E-state index in [1.165, 1.54) is 28.6 Å². The number of nitrogens with zero attached hydrogens (tertiary/aromatic N) is 7. The maximum atomic E-state index is 14.0. The summed E-state index contributed by atoms with van der Waals surface area (Å²) in [5, 5.41) is 9.51. The lowest BCUT2D eigenvalue weighted by atomic mass is 9.99. The van der Waals surface area contributed by atoms with E-state index < -0.39 is 18.1 Å². The SMILES string of the molecule is CC(F)C(=O)N1CCN(c2nc(OC[C@@H]3CCCN3C)nc3c2CCN(c2cccc4c2CCSC4)C3)C[C@@H]1CC#N. The fraction of sp³-hybridized carbons (Fsp3) is 0.613. The lowest BCUT2D eigenvalue weighted by Gasteiger charge is -2.42. The number of rotatable bonds is 7. The molecule has 224 valence electrons. The molecule has 4 aliphatic heterocycles. The van der Waals surface area contributed by atoms with Gasteiger partial charge in [-0.25, -0.2) is 4.39 Å². The monoisotopic (exact) mass is 593 g/mol. The zero-order valence-electron chi connectivity index (χ0n) is 24.6. The number of alkyl halides is 1. The minimum Gasteiger partial charge on any atom is -0.462 e. The van der Waals surface area contributed by atoms with E-state index in [0.717, 1.165) is 67.4 Å². The lowest BCUT2D eigenvalue weighted by molar-refractivity contribution is -0.138. The highest BCUT2D eigenvalue weighted by Crippen LogP contribution is 2.37. The second kappa shape index (κ2) is 12.6. The number of piperazine rings is 1. The van der Waals surface area contributed by atoms with Crippen molar-refractivity contribution < 1.29 is 13.9 Å². The molecule has 2 fully saturated rings. The lowest BCUT2D eigenvalue weighted by Crippen LogP contribution is -2.57. The van der Waals surface area contributed by atoms with Crippen molar-refractivity contribution >= 4 is 29.2 Å². The van der Waals surface area contributed by atoms with Gasteiger partial charge in [-0.2, -0.15) is 27.0 Å². The van der Waals surface area contributed by atoms with Gasteiger partial charge >= 0.3 is 6.01 Å². The number of hydrogen-bond acceptors (Lipinski definition) is 9. The second-order valence-corrected chi connectivity index (χ2v) is 12.9. The van der Waals surface area contributed by atoms with E-state index in [1.807, 2.05) is 11.8 Å². The molecule has 2 saturated heterocycles. The summed E-state index contributed by atoms with van der Waals surface area (Å²) in [6, 6.07) is 9.18. The third kappa shape index (κ3) is 5.88. The molecule has 2 aromatic rings. The first-order chi connectivity index (χ1) is 20.4. The highest BCUT2D eigenvalue weighted by atomic mass is 32.2. The molecule has 1 aromatic heterocycles. The van der Waals surface area contributed by atoms with Gasteiger partial charge in [-0.3, -0.25) is 4.79 Å². The van der Waals surface area contributed by atoms with E-state index in [2.05, 4.69) is 46.0 Å². The molecule has 1 unspecified atom stereocenters. The van der Waals surface area contributed by atoms with Crippen LogP contribution in [0.4, 0.5) is 15.9 Å². The summed E-state index contributed by atoms with van der Waals surface area (Å²) in [6.07, 6.45) is 2.68. The Kier molecular flexibility index (Phi) is 8.72. The molecule has 3 atom stereocenters. The van der Waals surface area contributed by atoms with E-state index >= 15 is 0 Å². The van der Waals surface area contributed by atoms with Crippen LogP contribution in [-0.2, 0) is 29.9 Å². The minimum atomic E-state index is -1.59. The van der Waals surface area contributed by atoms with Gasteiger partial charge in [0, 0.05) is 49.2 Å². The predicted octanol–water partition coefficient (Wildman–Crippen LogP) is 3.59. The van der Waals surface area contributed by atoms with Crippen LogP contribution in [0.1, 0.15) is 48.6 Å². The van der Waals surface area contributed by atoms with Crippen LogP contribution in [0.15, 0.2) is 18.2 Å². The van der Waals surface area contributed by atoms with Gasteiger partial charge in [0.25, 0.3) is 5.91 Å². The highest BCUT2D eigenvalue weighted by molar-refractivity contribution is 7.98. The van der Waals surface area contributed by atoms with Gasteiger partial charge in [0.2, 0.25) is 0 Å². The topological polar surface area (TPSA) is 88.8 Å². The molecular formula is C31H40FN7O2S. The number of carbonyl (C=O) groups is 1. The minimum absolute atomic E-state index is 0.144. The largest absolute Gasteiger partial charge is 0.462 e. The normalized spacial score (nSPS) is 23.2. The summed E-state index contributed by atoms with van der Waals surface area (Å²) in [5.74, 6) is 2.48. The molecule has 9 nitrogen and oxygen atoms in total. The molecule has 0 saturated carbocycles. The summed E-state index contributed by atoms with van der Waals surface area (Å²) in [4.78, 5) is 31.0. The Bertz CT molecular complexity index is 1350. The average Bonchev–Trinajstić information content (AvgIpc) is 3.43. The smallest absolute Gasteiger partial charge is 0.318 e. The molecule has 4 aliphatic rings. The van der Waals surface area contributed by atoms with Crippen molar-refractivity contribution in [2.75, 3.05) is 61.9 Å². The molecule has 0 radical (unpaired) electrons. The van der Waals surface area contributed by atoms with Crippen LogP contribution >= 0.6 is 11.8 Å². The molecule has 0 bridgehead atoms. The number of fused-ring (bicyclic) bond motifs is 2. The number of anilines is 2. The van der Waals surface area contributed by atoms with Crippen LogP contribution in [0.3, 0.4) is 0 Å². The van der Waals surface area contributed by atoms with Crippen LogP contribution in [0.5, 0.6) is 6.01 Å². The van der Waals surface area contributed by atoms with Gasteiger partial charge in [0.15, 0.2) is 6.17 Å². The molecular weight excluding hydrogens is 553 g/mol. The first kappa shape index (κ1) is 29.0. The Labute approximate surface area is 252 Å². The first-order valence-electron chi connectivity index (χ1n) is 15.2. The maximum absolute atomic E-state index is 14.0. The zero-order chi connectivity index (χ0) is 29.2. The fourth-order valence-electron chi connectivity index (χ4n) is 6.82. The van der Waals surface area contributed by atoms with E-state index in [-0.39, 0.29) is 6.42 Å². The number of aromatic nitrogens is 2. The number of benzene rings is 1. The molecule has 1 amide bonds. The number of amides is 1. The molecule has 11 heteroatoms. The molecule has 1 aromatic carbocycles. The molecule has 0 aliphatic carbocycles. The quantitative estimate of drug-likeness (QED) is 0.478. The van der Waals surface area contributed by atoms with Crippen molar-refractivity contribution in [3.63, 3.8) is 0 Å². The zero-order valence-corrected chi connectivity index (χ0v) is 25.4. The standard InChI is InChI=1S/C31H40FN7O2S/c1-21(32)30(40)39-15-14-38(17-23(39)8-11-33)29-26-9-13-37(28-7-3-5-22-20-42-16-10-25(22)28)18-27(26)34-31(35-29)41-19-24-6-4-12-36(24)2/h3,5,7,21,23-24H,4,6,8-10,12-20H2,1-2H3/t21?,23-,24-/m0/s1. The number of hydrogen-bond donors (Lipinski definition) is 0. The summed E-state index contributed by atoms with van der Waals surface area (Å²) in [6.45, 7) is 5.69. The van der Waals surface area contributed by atoms with Crippen molar-refractivity contribution in [3.8, 4) is 12.1 Å².